The Morgan fingerprint density at radius 1 is 1.26 bits per heavy atom. The number of carbonyl (C=O) groups is 2. The van der Waals surface area contributed by atoms with Crippen molar-refractivity contribution >= 4 is 17.6 Å². The van der Waals surface area contributed by atoms with Gasteiger partial charge in [0.1, 0.15) is 0 Å². The predicted octanol–water partition coefficient (Wildman–Crippen LogP) is 1.30. The van der Waals surface area contributed by atoms with Crippen molar-refractivity contribution in [2.75, 3.05) is 32.1 Å². The minimum atomic E-state index is -0.799. The van der Waals surface area contributed by atoms with Gasteiger partial charge in [-0.3, -0.25) is 9.59 Å². The summed E-state index contributed by atoms with van der Waals surface area (Å²) in [6.07, 6.45) is 0.142. The molecule has 0 aromatic heterocycles. The normalized spacial score (nSPS) is 14.9. The second kappa shape index (κ2) is 5.30. The van der Waals surface area contributed by atoms with E-state index in [2.05, 4.69) is 0 Å². The Bertz CT molecular complexity index is 476. The summed E-state index contributed by atoms with van der Waals surface area (Å²) < 4.78 is 0. The molecule has 1 amide bonds. The van der Waals surface area contributed by atoms with Crippen molar-refractivity contribution in [2.45, 2.75) is 6.42 Å². The third kappa shape index (κ3) is 3.05. The second-order valence-electron chi connectivity index (χ2n) is 5.12. The van der Waals surface area contributed by atoms with Gasteiger partial charge in [-0.05, 0) is 24.3 Å². The number of anilines is 1. The Morgan fingerprint density at radius 3 is 2.32 bits per heavy atom. The molecule has 0 unspecified atom stereocenters. The first-order chi connectivity index (χ1) is 8.97. The molecule has 0 saturated carbocycles. The topological polar surface area (TPSA) is 60.9 Å². The van der Waals surface area contributed by atoms with Crippen molar-refractivity contribution in [1.82, 2.24) is 4.90 Å². The summed E-state index contributed by atoms with van der Waals surface area (Å²) in [6.45, 7) is 1.08. The molecule has 1 aliphatic heterocycles. The van der Waals surface area contributed by atoms with Crippen molar-refractivity contribution in [1.29, 1.82) is 0 Å². The van der Waals surface area contributed by atoms with Crippen LogP contribution in [0.15, 0.2) is 24.3 Å². The second-order valence-corrected chi connectivity index (χ2v) is 5.12. The highest BCUT2D eigenvalue weighted by molar-refractivity contribution is 5.95. The largest absolute Gasteiger partial charge is 0.481 e. The molecule has 0 atom stereocenters. The van der Waals surface area contributed by atoms with Crippen LogP contribution >= 0.6 is 0 Å². The van der Waals surface area contributed by atoms with E-state index in [0.29, 0.717) is 18.7 Å². The lowest BCUT2D eigenvalue weighted by molar-refractivity contribution is -0.139. The van der Waals surface area contributed by atoms with E-state index >= 15 is 0 Å². The van der Waals surface area contributed by atoms with Crippen molar-refractivity contribution in [3.8, 4) is 0 Å². The van der Waals surface area contributed by atoms with Crippen molar-refractivity contribution in [3.05, 3.63) is 29.8 Å². The molecule has 2 rings (SSSR count). The first-order valence-electron chi connectivity index (χ1n) is 6.26. The number of likely N-dealkylation sites (tertiary alicyclic amines) is 1. The molecule has 5 nitrogen and oxygen atoms in total. The number of nitrogens with zero attached hydrogens (tertiary/aromatic N) is 2. The molecule has 1 N–H and O–H groups in total. The molecule has 1 aromatic rings. The maximum Gasteiger partial charge on any atom is 0.303 e. The summed E-state index contributed by atoms with van der Waals surface area (Å²) in [6, 6.07) is 7.42. The first kappa shape index (κ1) is 13.4. The monoisotopic (exact) mass is 262 g/mol. The van der Waals surface area contributed by atoms with Gasteiger partial charge in [0.25, 0.3) is 5.91 Å². The fourth-order valence-corrected chi connectivity index (χ4v) is 2.20. The number of hydrogen-bond acceptors (Lipinski definition) is 3. The molecular weight excluding hydrogens is 244 g/mol. The Balaban J connectivity index is 1.93. The maximum absolute atomic E-state index is 12.1. The van der Waals surface area contributed by atoms with Crippen LogP contribution in [0, 0.1) is 5.92 Å². The van der Waals surface area contributed by atoms with Crippen LogP contribution in [0.4, 0.5) is 5.69 Å². The van der Waals surface area contributed by atoms with Gasteiger partial charge in [0.15, 0.2) is 0 Å². The molecule has 1 saturated heterocycles. The van der Waals surface area contributed by atoms with E-state index in [9.17, 15) is 9.59 Å². The van der Waals surface area contributed by atoms with Gasteiger partial charge in [0.2, 0.25) is 0 Å². The number of hydrogen-bond donors (Lipinski definition) is 1. The molecule has 0 bridgehead atoms. The van der Waals surface area contributed by atoms with Gasteiger partial charge in [0.05, 0.1) is 6.42 Å². The average Bonchev–Trinajstić information content (AvgIpc) is 2.32. The fraction of sp³-hybridized carbons (Fsp3) is 0.429. The van der Waals surface area contributed by atoms with Gasteiger partial charge in [-0.25, -0.2) is 0 Å². The van der Waals surface area contributed by atoms with Crippen molar-refractivity contribution < 1.29 is 14.7 Å². The van der Waals surface area contributed by atoms with E-state index in [-0.39, 0.29) is 18.2 Å². The van der Waals surface area contributed by atoms with Crippen molar-refractivity contribution in [2.24, 2.45) is 5.92 Å². The van der Waals surface area contributed by atoms with E-state index in [1.54, 1.807) is 4.90 Å². The van der Waals surface area contributed by atoms with Crippen LogP contribution in [0.1, 0.15) is 16.8 Å². The highest BCUT2D eigenvalue weighted by Crippen LogP contribution is 2.22. The Morgan fingerprint density at radius 2 is 1.84 bits per heavy atom. The van der Waals surface area contributed by atoms with Gasteiger partial charge < -0.3 is 14.9 Å². The summed E-state index contributed by atoms with van der Waals surface area (Å²) in [4.78, 5) is 26.3. The molecule has 19 heavy (non-hydrogen) atoms. The zero-order chi connectivity index (χ0) is 14.0. The number of carbonyl (C=O) groups excluding carboxylic acids is 1. The summed E-state index contributed by atoms with van der Waals surface area (Å²) in [7, 11) is 3.89. The number of benzene rings is 1. The summed E-state index contributed by atoms with van der Waals surface area (Å²) >= 11 is 0. The lowest BCUT2D eigenvalue weighted by atomic mass is 9.95. The molecule has 0 radical (unpaired) electrons. The molecule has 1 aromatic carbocycles. The van der Waals surface area contributed by atoms with Crippen LogP contribution < -0.4 is 4.90 Å². The van der Waals surface area contributed by atoms with Crippen LogP contribution in [0.3, 0.4) is 0 Å². The highest BCUT2D eigenvalue weighted by atomic mass is 16.4. The summed E-state index contributed by atoms with van der Waals surface area (Å²) in [5.74, 6) is -0.720. The van der Waals surface area contributed by atoms with Gasteiger partial charge in [-0.2, -0.15) is 0 Å². The minimum absolute atomic E-state index is 0.0213. The molecule has 5 heteroatoms. The van der Waals surface area contributed by atoms with Crippen molar-refractivity contribution in [3.63, 3.8) is 0 Å². The third-order valence-electron chi connectivity index (χ3n) is 3.34. The molecule has 102 valence electrons. The number of aliphatic carboxylic acids is 1. The Kier molecular flexibility index (Phi) is 3.74. The third-order valence-corrected chi connectivity index (χ3v) is 3.34. The van der Waals surface area contributed by atoms with Crippen LogP contribution in [0.5, 0.6) is 0 Å². The zero-order valence-corrected chi connectivity index (χ0v) is 11.2. The zero-order valence-electron chi connectivity index (χ0n) is 11.2. The standard InChI is InChI=1S/C14H18N2O3/c1-15(2)12-5-3-11(4-6-12)14(19)16-8-10(9-16)7-13(17)18/h3-6,10H,7-9H2,1-2H3,(H,17,18). The SMILES string of the molecule is CN(C)c1ccc(C(=O)N2CC(CC(=O)O)C2)cc1. The van der Waals surface area contributed by atoms with Gasteiger partial charge in [-0.15, -0.1) is 0 Å². The predicted molar refractivity (Wildman–Crippen MR) is 72.4 cm³/mol. The summed E-state index contributed by atoms with van der Waals surface area (Å²) in [5, 5.41) is 8.67. The summed E-state index contributed by atoms with van der Waals surface area (Å²) in [5.41, 5.74) is 1.70. The first-order valence-corrected chi connectivity index (χ1v) is 6.26. The van der Waals surface area contributed by atoms with Gasteiger partial charge in [-0.1, -0.05) is 0 Å². The van der Waals surface area contributed by atoms with Gasteiger partial charge >= 0.3 is 5.97 Å². The number of carboxylic acids is 1. The Labute approximate surface area is 112 Å². The molecular formula is C14H18N2O3. The minimum Gasteiger partial charge on any atom is -0.481 e. The molecule has 1 heterocycles. The van der Waals surface area contributed by atoms with Gasteiger partial charge in [0, 0.05) is 44.4 Å². The molecule has 1 aliphatic rings. The van der Waals surface area contributed by atoms with E-state index in [1.165, 1.54) is 0 Å². The molecule has 0 spiro atoms. The highest BCUT2D eigenvalue weighted by Gasteiger charge is 2.32. The Hall–Kier alpha value is -2.04. The van der Waals surface area contributed by atoms with E-state index in [4.69, 9.17) is 5.11 Å². The quantitative estimate of drug-likeness (QED) is 0.888. The number of carboxylic acid groups (broad SMARTS) is 1. The van der Waals surface area contributed by atoms with E-state index < -0.39 is 5.97 Å². The smallest absolute Gasteiger partial charge is 0.303 e. The average molecular weight is 262 g/mol. The van der Waals surface area contributed by atoms with Crippen LogP contribution in [0.25, 0.3) is 0 Å². The molecule has 1 fully saturated rings. The number of rotatable bonds is 4. The number of amides is 1. The van der Waals surface area contributed by atoms with Crippen LogP contribution in [-0.2, 0) is 4.79 Å². The fourth-order valence-electron chi connectivity index (χ4n) is 2.20. The van der Waals surface area contributed by atoms with E-state index in [1.807, 2.05) is 43.3 Å². The molecule has 0 aliphatic carbocycles. The maximum atomic E-state index is 12.1. The van der Waals surface area contributed by atoms with Crippen LogP contribution in [-0.4, -0.2) is 49.1 Å². The lowest BCUT2D eigenvalue weighted by Crippen LogP contribution is -2.50. The van der Waals surface area contributed by atoms with E-state index in [0.717, 1.165) is 5.69 Å². The van der Waals surface area contributed by atoms with Crippen LogP contribution in [0.2, 0.25) is 0 Å². The lowest BCUT2D eigenvalue weighted by Gasteiger charge is -2.38.